The maximum Gasteiger partial charge on any atom is 0.164 e. The van der Waals surface area contributed by atoms with E-state index in [4.69, 9.17) is 19.4 Å². The molecular formula is C49H31N3O. The van der Waals surface area contributed by atoms with Crippen molar-refractivity contribution in [2.75, 3.05) is 0 Å². The van der Waals surface area contributed by atoms with Gasteiger partial charge in [-0.05, 0) is 68.4 Å². The fraction of sp³-hybridized carbons (Fsp3) is 0. The molecule has 0 saturated carbocycles. The average Bonchev–Trinajstić information content (AvgIpc) is 3.62. The normalized spacial score (nSPS) is 11.4. The first-order valence-corrected chi connectivity index (χ1v) is 17.8. The molecule has 8 aromatic carbocycles. The molecule has 0 aliphatic heterocycles. The summed E-state index contributed by atoms with van der Waals surface area (Å²) >= 11 is 0. The molecule has 2 aromatic heterocycles. The summed E-state index contributed by atoms with van der Waals surface area (Å²) in [6.45, 7) is 0. The number of hydrogen-bond donors (Lipinski definition) is 0. The number of benzene rings is 8. The van der Waals surface area contributed by atoms with Gasteiger partial charge >= 0.3 is 0 Å². The third-order valence-corrected chi connectivity index (χ3v) is 9.95. The lowest BCUT2D eigenvalue weighted by molar-refractivity contribution is 0.669. The molecule has 0 amide bonds. The van der Waals surface area contributed by atoms with Gasteiger partial charge in [-0.3, -0.25) is 0 Å². The first-order valence-electron chi connectivity index (χ1n) is 17.8. The van der Waals surface area contributed by atoms with Crippen LogP contribution in [0.5, 0.6) is 0 Å². The Balaban J connectivity index is 1.04. The largest absolute Gasteiger partial charge is 0.456 e. The van der Waals surface area contributed by atoms with Gasteiger partial charge in [-0.1, -0.05) is 164 Å². The fourth-order valence-corrected chi connectivity index (χ4v) is 7.33. The molecule has 0 bridgehead atoms. The topological polar surface area (TPSA) is 51.8 Å². The quantitative estimate of drug-likeness (QED) is 0.176. The minimum Gasteiger partial charge on any atom is -0.456 e. The van der Waals surface area contributed by atoms with E-state index in [0.29, 0.717) is 17.5 Å². The maximum absolute atomic E-state index is 6.45. The highest BCUT2D eigenvalue weighted by molar-refractivity contribution is 6.13. The summed E-state index contributed by atoms with van der Waals surface area (Å²) < 4.78 is 6.45. The predicted molar refractivity (Wildman–Crippen MR) is 217 cm³/mol. The zero-order valence-corrected chi connectivity index (χ0v) is 28.6. The van der Waals surface area contributed by atoms with Crippen LogP contribution in [0.4, 0.5) is 0 Å². The lowest BCUT2D eigenvalue weighted by Gasteiger charge is -2.11. The minimum absolute atomic E-state index is 0.617. The van der Waals surface area contributed by atoms with Crippen LogP contribution in [0.1, 0.15) is 0 Å². The molecule has 10 aromatic rings. The average molecular weight is 678 g/mol. The van der Waals surface area contributed by atoms with Crippen LogP contribution in [0, 0.1) is 0 Å². The van der Waals surface area contributed by atoms with Gasteiger partial charge in [0.15, 0.2) is 17.5 Å². The second-order valence-electron chi connectivity index (χ2n) is 13.2. The third kappa shape index (κ3) is 5.63. The van der Waals surface area contributed by atoms with E-state index < -0.39 is 0 Å². The van der Waals surface area contributed by atoms with Gasteiger partial charge in [-0.2, -0.15) is 0 Å². The van der Waals surface area contributed by atoms with E-state index in [2.05, 4.69) is 146 Å². The van der Waals surface area contributed by atoms with Crippen molar-refractivity contribution in [3.8, 4) is 67.5 Å². The highest BCUT2D eigenvalue weighted by Crippen LogP contribution is 2.39. The van der Waals surface area contributed by atoms with Gasteiger partial charge in [0.05, 0.1) is 0 Å². The molecule has 4 nitrogen and oxygen atoms in total. The van der Waals surface area contributed by atoms with Crippen LogP contribution in [0.25, 0.3) is 100 Å². The molecule has 2 heterocycles. The first-order chi connectivity index (χ1) is 26.2. The van der Waals surface area contributed by atoms with Crippen molar-refractivity contribution in [1.29, 1.82) is 0 Å². The highest BCUT2D eigenvalue weighted by Gasteiger charge is 2.16. The molecule has 0 N–H and O–H groups in total. The van der Waals surface area contributed by atoms with Gasteiger partial charge in [0.1, 0.15) is 11.2 Å². The number of rotatable bonds is 6. The van der Waals surface area contributed by atoms with Crippen molar-refractivity contribution >= 4 is 32.7 Å². The number of aromatic nitrogens is 3. The van der Waals surface area contributed by atoms with Crippen molar-refractivity contribution in [2.45, 2.75) is 0 Å². The number of furan rings is 1. The fourth-order valence-electron chi connectivity index (χ4n) is 7.33. The Hall–Kier alpha value is -7.17. The van der Waals surface area contributed by atoms with Crippen LogP contribution in [-0.4, -0.2) is 15.0 Å². The lowest BCUT2D eigenvalue weighted by Crippen LogP contribution is -2.00. The molecule has 0 aliphatic rings. The molecule has 0 fully saturated rings. The van der Waals surface area contributed by atoms with Crippen molar-refractivity contribution in [3.05, 3.63) is 188 Å². The van der Waals surface area contributed by atoms with Gasteiger partial charge in [-0.15, -0.1) is 0 Å². The van der Waals surface area contributed by atoms with Gasteiger partial charge in [0.2, 0.25) is 0 Å². The second-order valence-corrected chi connectivity index (χ2v) is 13.2. The van der Waals surface area contributed by atoms with Crippen LogP contribution < -0.4 is 0 Å². The van der Waals surface area contributed by atoms with Gasteiger partial charge in [0, 0.05) is 27.5 Å². The number of fused-ring (bicyclic) bond motifs is 4. The smallest absolute Gasteiger partial charge is 0.164 e. The van der Waals surface area contributed by atoms with E-state index in [9.17, 15) is 0 Å². The van der Waals surface area contributed by atoms with E-state index in [0.717, 1.165) is 55.3 Å². The van der Waals surface area contributed by atoms with Gasteiger partial charge in [-0.25, -0.2) is 15.0 Å². The van der Waals surface area contributed by atoms with E-state index in [1.54, 1.807) is 0 Å². The Bertz CT molecular complexity index is 2930. The molecule has 0 spiro atoms. The minimum atomic E-state index is 0.617. The molecule has 0 saturated heterocycles. The zero-order valence-electron chi connectivity index (χ0n) is 28.6. The van der Waals surface area contributed by atoms with Crippen molar-refractivity contribution < 1.29 is 4.42 Å². The van der Waals surface area contributed by atoms with E-state index in [-0.39, 0.29) is 0 Å². The Morgan fingerprint density at radius 1 is 0.302 bits per heavy atom. The van der Waals surface area contributed by atoms with E-state index in [1.807, 2.05) is 42.5 Å². The van der Waals surface area contributed by atoms with E-state index in [1.165, 1.54) is 27.5 Å². The van der Waals surface area contributed by atoms with Crippen LogP contribution >= 0.6 is 0 Å². The van der Waals surface area contributed by atoms with Gasteiger partial charge < -0.3 is 4.42 Å². The lowest BCUT2D eigenvalue weighted by atomic mass is 9.97. The maximum atomic E-state index is 6.45. The summed E-state index contributed by atoms with van der Waals surface area (Å²) in [5.74, 6) is 1.87. The van der Waals surface area contributed by atoms with Crippen LogP contribution in [0.3, 0.4) is 0 Å². The number of nitrogens with zero attached hydrogens (tertiary/aromatic N) is 3. The van der Waals surface area contributed by atoms with Crippen LogP contribution in [-0.2, 0) is 0 Å². The summed E-state index contributed by atoms with van der Waals surface area (Å²) in [7, 11) is 0. The molecule has 10 rings (SSSR count). The third-order valence-electron chi connectivity index (χ3n) is 9.95. The summed E-state index contributed by atoms with van der Waals surface area (Å²) in [4.78, 5) is 15.1. The SMILES string of the molecule is c1ccc(-c2nc(-c3ccc(-c4cccc5ccccc45)cc3)nc(-c3cccc(-c4ccc5c(c4)oc4cccc(-c6ccccc6)c45)c3)n2)cc1. The number of hydrogen-bond acceptors (Lipinski definition) is 4. The standard InChI is InChI=1S/C49H31N3O/c1-3-12-33(13-4-1)42-22-11-23-44-46(42)43-29-28-38(31-45(43)53-44)37-18-9-19-39(30-37)49-51-47(35-15-5-2-6-16-35)50-48(52-49)36-26-24-34(25-27-36)41-21-10-17-32-14-7-8-20-40(32)41/h1-31H. The van der Waals surface area contributed by atoms with Crippen molar-refractivity contribution in [1.82, 2.24) is 15.0 Å². The van der Waals surface area contributed by atoms with Crippen molar-refractivity contribution in [2.24, 2.45) is 0 Å². The molecule has 0 aliphatic carbocycles. The monoisotopic (exact) mass is 677 g/mol. The second kappa shape index (κ2) is 12.9. The van der Waals surface area contributed by atoms with Crippen molar-refractivity contribution in [3.63, 3.8) is 0 Å². The molecule has 0 unspecified atom stereocenters. The van der Waals surface area contributed by atoms with E-state index >= 15 is 0 Å². The molecule has 0 atom stereocenters. The molecule has 0 radical (unpaired) electrons. The zero-order chi connectivity index (χ0) is 35.1. The Labute approximate surface area is 306 Å². The molecule has 248 valence electrons. The molecule has 4 heteroatoms. The van der Waals surface area contributed by atoms with Crippen LogP contribution in [0.15, 0.2) is 192 Å². The summed E-state index contributed by atoms with van der Waals surface area (Å²) in [5, 5.41) is 4.68. The molecule has 53 heavy (non-hydrogen) atoms. The Kier molecular flexibility index (Phi) is 7.43. The Morgan fingerprint density at radius 3 is 1.60 bits per heavy atom. The summed E-state index contributed by atoms with van der Waals surface area (Å²) in [6.07, 6.45) is 0. The Morgan fingerprint density at radius 2 is 0.811 bits per heavy atom. The molecular weight excluding hydrogens is 647 g/mol. The van der Waals surface area contributed by atoms with Gasteiger partial charge in [0.25, 0.3) is 0 Å². The first kappa shape index (κ1) is 30.6. The predicted octanol–water partition coefficient (Wildman–Crippen LogP) is 12.9. The summed E-state index contributed by atoms with van der Waals surface area (Å²) in [6, 6.07) is 65.1. The highest BCUT2D eigenvalue weighted by atomic mass is 16.3. The summed E-state index contributed by atoms with van der Waals surface area (Å²) in [5.41, 5.74) is 11.3. The van der Waals surface area contributed by atoms with Crippen LogP contribution in [0.2, 0.25) is 0 Å².